The van der Waals surface area contributed by atoms with Gasteiger partial charge >= 0.3 is 6.09 Å². The van der Waals surface area contributed by atoms with Crippen molar-refractivity contribution in [2.45, 2.75) is 6.10 Å². The highest BCUT2D eigenvalue weighted by Crippen LogP contribution is 2.29. The maximum Gasteiger partial charge on any atom is 0.414 e. The summed E-state index contributed by atoms with van der Waals surface area (Å²) in [5.41, 5.74) is 2.10. The van der Waals surface area contributed by atoms with Crippen LogP contribution in [0.4, 0.5) is 25.4 Å². The summed E-state index contributed by atoms with van der Waals surface area (Å²) in [6, 6.07) is 12.2. The van der Waals surface area contributed by atoms with Gasteiger partial charge in [0.1, 0.15) is 11.9 Å². The highest BCUT2D eigenvalue weighted by atomic mass is 32.1. The average Bonchev–Trinajstić information content (AvgIpc) is 3.43. The average molecular weight is 527 g/mol. The molecular weight excluding hydrogens is 499 g/mol. The number of rotatable bonds is 5. The van der Waals surface area contributed by atoms with Crippen molar-refractivity contribution in [3.05, 3.63) is 54.0 Å². The Kier molecular flexibility index (Phi) is 6.67. The molecule has 3 amide bonds. The van der Waals surface area contributed by atoms with E-state index in [1.807, 2.05) is 36.2 Å². The Morgan fingerprint density at radius 1 is 1.16 bits per heavy atom. The molecule has 2 aliphatic rings. The van der Waals surface area contributed by atoms with E-state index in [0.29, 0.717) is 43.2 Å². The summed E-state index contributed by atoms with van der Waals surface area (Å²) >= 11 is 3.76. The zero-order chi connectivity index (χ0) is 26.3. The fourth-order valence-electron chi connectivity index (χ4n) is 4.80. The number of benzene rings is 2. The van der Waals surface area contributed by atoms with Gasteiger partial charge in [-0.25, -0.2) is 9.18 Å². The van der Waals surface area contributed by atoms with Gasteiger partial charge in [-0.2, -0.15) is 5.10 Å². The van der Waals surface area contributed by atoms with Gasteiger partial charge in [0.25, 0.3) is 11.1 Å². The number of aromatic nitrogens is 2. The van der Waals surface area contributed by atoms with E-state index in [1.54, 1.807) is 28.8 Å². The van der Waals surface area contributed by atoms with Gasteiger partial charge in [-0.3, -0.25) is 19.2 Å². The molecule has 3 aromatic rings. The largest absolute Gasteiger partial charge is 0.442 e. The third kappa shape index (κ3) is 4.80. The molecule has 3 heterocycles. The number of fused-ring (bicyclic) bond motifs is 1. The normalized spacial score (nSPS) is 17.9. The number of piperazine rings is 1. The van der Waals surface area contributed by atoms with Crippen molar-refractivity contribution in [3.8, 4) is 0 Å². The Labute approximate surface area is 218 Å². The molecule has 0 spiro atoms. The molecule has 2 aliphatic heterocycles. The van der Waals surface area contributed by atoms with Crippen LogP contribution in [0, 0.1) is 5.82 Å². The molecule has 0 radical (unpaired) electrons. The van der Waals surface area contributed by atoms with Crippen molar-refractivity contribution in [1.29, 1.82) is 0 Å². The van der Waals surface area contributed by atoms with Crippen LogP contribution in [-0.2, 0) is 11.8 Å². The number of nitrogens with zero attached hydrogens (tertiary/aromatic N) is 6. The summed E-state index contributed by atoms with van der Waals surface area (Å²) < 4.78 is 22.2. The fourth-order valence-corrected chi connectivity index (χ4v) is 4.88. The molecule has 12 heteroatoms. The first-order chi connectivity index (χ1) is 17.7. The number of para-hydroxylation sites is 1. The minimum atomic E-state index is -0.591. The second-order valence-corrected chi connectivity index (χ2v) is 9.57. The van der Waals surface area contributed by atoms with Crippen LogP contribution in [0.2, 0.25) is 0 Å². The summed E-state index contributed by atoms with van der Waals surface area (Å²) in [6.07, 6.45) is -1.12. The van der Waals surface area contributed by atoms with Crippen LogP contribution in [-0.4, -0.2) is 89.2 Å². The van der Waals surface area contributed by atoms with Gasteiger partial charge in [0, 0.05) is 45.7 Å². The Bertz CT molecular complexity index is 1370. The van der Waals surface area contributed by atoms with Gasteiger partial charge in [-0.15, -0.1) is 0 Å². The maximum absolute atomic E-state index is 15.1. The van der Waals surface area contributed by atoms with E-state index < -0.39 is 23.3 Å². The third-order valence-electron chi connectivity index (χ3n) is 6.79. The van der Waals surface area contributed by atoms with Crippen LogP contribution in [0.3, 0.4) is 0 Å². The standard InChI is InChI=1S/C25H27FN6O4S/c1-28(25(35)37)14-17-15-32(24(34)36-17)16-7-8-21(19(26)13-16)30-9-11-31(12-10-30)23(33)22-18-5-3-4-6-20(18)29(2)27-22/h3-8,13,17H,9-12,14-15H2,1-2H3,(H,35,37)/t17-/m1/s1. The molecule has 37 heavy (non-hydrogen) atoms. The number of carbonyl (C=O) groups excluding carboxylic acids is 3. The van der Waals surface area contributed by atoms with Crippen LogP contribution < -0.4 is 9.80 Å². The first-order valence-corrected chi connectivity index (χ1v) is 12.4. The van der Waals surface area contributed by atoms with E-state index in [-0.39, 0.29) is 19.0 Å². The molecule has 2 saturated heterocycles. The van der Waals surface area contributed by atoms with Gasteiger partial charge < -0.3 is 19.4 Å². The number of aryl methyl sites for hydroxylation is 1. The number of carbonyl (C=O) groups is 3. The lowest BCUT2D eigenvalue weighted by atomic mass is 10.1. The van der Waals surface area contributed by atoms with Gasteiger partial charge in [-0.05, 0) is 24.3 Å². The van der Waals surface area contributed by atoms with Gasteiger partial charge in [0.15, 0.2) is 5.69 Å². The van der Waals surface area contributed by atoms with Crippen molar-refractivity contribution in [2.24, 2.45) is 7.05 Å². The zero-order valence-electron chi connectivity index (χ0n) is 20.5. The van der Waals surface area contributed by atoms with Crippen molar-refractivity contribution >= 4 is 52.1 Å². The van der Waals surface area contributed by atoms with E-state index in [2.05, 4.69) is 17.7 Å². The molecular formula is C25H27FN6O4S. The second kappa shape index (κ2) is 9.92. The molecule has 194 valence electrons. The van der Waals surface area contributed by atoms with Crippen molar-refractivity contribution in [3.63, 3.8) is 0 Å². The molecule has 10 nitrogen and oxygen atoms in total. The maximum atomic E-state index is 15.1. The fraction of sp³-hybridized carbons (Fsp3) is 0.360. The van der Waals surface area contributed by atoms with Crippen LogP contribution >= 0.6 is 12.6 Å². The lowest BCUT2D eigenvalue weighted by Gasteiger charge is -2.36. The number of thiol groups is 1. The minimum Gasteiger partial charge on any atom is -0.442 e. The molecule has 5 rings (SSSR count). The summed E-state index contributed by atoms with van der Waals surface area (Å²) in [4.78, 5) is 43.2. The van der Waals surface area contributed by atoms with Crippen LogP contribution in [0.15, 0.2) is 42.5 Å². The van der Waals surface area contributed by atoms with Gasteiger partial charge in [0.2, 0.25) is 0 Å². The third-order valence-corrected chi connectivity index (χ3v) is 7.13. The number of ether oxygens (including phenoxy) is 1. The number of likely N-dealkylation sites (N-methyl/N-ethyl adjacent to an activating group) is 1. The number of cyclic esters (lactones) is 1. The number of hydrogen-bond donors (Lipinski definition) is 1. The topological polar surface area (TPSA) is 91.2 Å². The van der Waals surface area contributed by atoms with Crippen molar-refractivity contribution in [1.82, 2.24) is 19.6 Å². The van der Waals surface area contributed by atoms with Gasteiger partial charge in [-0.1, -0.05) is 30.8 Å². The molecule has 0 unspecified atom stereocenters. The SMILES string of the molecule is CN(C[C@@H]1CN(c2ccc(N3CCN(C(=O)c4nn(C)c5ccccc45)CC3)c(F)c2)C(=O)O1)C(=O)S. The highest BCUT2D eigenvalue weighted by molar-refractivity contribution is 7.96. The van der Waals surface area contributed by atoms with Gasteiger partial charge in [0.05, 0.1) is 30.0 Å². The lowest BCUT2D eigenvalue weighted by Crippen LogP contribution is -2.49. The summed E-state index contributed by atoms with van der Waals surface area (Å²) in [5.74, 6) is -0.605. The Morgan fingerprint density at radius 2 is 1.89 bits per heavy atom. The molecule has 2 aromatic carbocycles. The molecule has 1 aromatic heterocycles. The van der Waals surface area contributed by atoms with E-state index >= 15 is 4.39 Å². The van der Waals surface area contributed by atoms with E-state index in [0.717, 1.165) is 10.9 Å². The monoisotopic (exact) mass is 526 g/mol. The molecule has 0 aliphatic carbocycles. The Morgan fingerprint density at radius 3 is 2.59 bits per heavy atom. The first kappa shape index (κ1) is 24.9. The molecule has 0 bridgehead atoms. The van der Waals surface area contributed by atoms with E-state index in [4.69, 9.17) is 4.74 Å². The lowest BCUT2D eigenvalue weighted by molar-refractivity contribution is 0.0741. The molecule has 2 fully saturated rings. The highest BCUT2D eigenvalue weighted by Gasteiger charge is 2.34. The van der Waals surface area contributed by atoms with Crippen molar-refractivity contribution < 1.29 is 23.5 Å². The smallest absolute Gasteiger partial charge is 0.414 e. The quantitative estimate of drug-likeness (QED) is 0.514. The number of hydrogen-bond acceptors (Lipinski definition) is 6. The first-order valence-electron chi connectivity index (χ1n) is 11.9. The molecule has 1 atom stereocenters. The number of anilines is 2. The zero-order valence-corrected chi connectivity index (χ0v) is 21.4. The van der Waals surface area contributed by atoms with Crippen LogP contribution in [0.25, 0.3) is 10.9 Å². The summed E-state index contributed by atoms with van der Waals surface area (Å²) in [5, 5.41) is 4.81. The number of amides is 3. The Hall–Kier alpha value is -3.80. The van der Waals surface area contributed by atoms with Crippen molar-refractivity contribution in [2.75, 3.05) is 56.1 Å². The second-order valence-electron chi connectivity index (χ2n) is 9.18. The predicted octanol–water partition coefficient (Wildman–Crippen LogP) is 2.98. The predicted molar refractivity (Wildman–Crippen MR) is 140 cm³/mol. The number of halogens is 1. The van der Waals surface area contributed by atoms with E-state index in [1.165, 1.54) is 15.9 Å². The minimum absolute atomic E-state index is 0.139. The van der Waals surface area contributed by atoms with Crippen LogP contribution in [0.5, 0.6) is 0 Å². The summed E-state index contributed by atoms with van der Waals surface area (Å²) in [7, 11) is 3.37. The molecule has 0 saturated carbocycles. The van der Waals surface area contributed by atoms with Crippen LogP contribution in [0.1, 0.15) is 10.5 Å². The Balaban J connectivity index is 1.23. The molecule has 0 N–H and O–H groups in total. The summed E-state index contributed by atoms with van der Waals surface area (Å²) in [6.45, 7) is 2.19. The van der Waals surface area contributed by atoms with E-state index in [9.17, 15) is 14.4 Å².